The molecule has 1 saturated carbocycles. The zero-order valence-corrected chi connectivity index (χ0v) is 8.56. The highest BCUT2D eigenvalue weighted by Gasteiger charge is 2.57. The Bertz CT molecular complexity index is 279. The predicted octanol–water partition coefficient (Wildman–Crippen LogP) is 0.576. The number of carbonyl (C=O) groups excluding carboxylic acids is 1. The van der Waals surface area contributed by atoms with Crippen molar-refractivity contribution in [2.45, 2.75) is 44.5 Å². The fourth-order valence-corrected chi connectivity index (χ4v) is 3.28. The van der Waals surface area contributed by atoms with E-state index < -0.39 is 0 Å². The zero-order valence-electron chi connectivity index (χ0n) is 8.56. The van der Waals surface area contributed by atoms with Gasteiger partial charge < -0.3 is 10.1 Å². The van der Waals surface area contributed by atoms with Gasteiger partial charge in [-0.2, -0.15) is 0 Å². The van der Waals surface area contributed by atoms with Crippen LogP contribution in [-0.4, -0.2) is 41.8 Å². The van der Waals surface area contributed by atoms with Crippen LogP contribution in [0.4, 0.5) is 4.79 Å². The maximum Gasteiger partial charge on any atom is 0.407 e. The molecule has 2 aliphatic heterocycles. The molecule has 2 saturated heterocycles. The molecule has 1 unspecified atom stereocenters. The van der Waals surface area contributed by atoms with Crippen molar-refractivity contribution in [3.63, 3.8) is 0 Å². The van der Waals surface area contributed by atoms with Crippen LogP contribution in [0.1, 0.15) is 20.3 Å². The maximum absolute atomic E-state index is 11.2. The fraction of sp³-hybridized carbons (Fsp3) is 0.900. The molecule has 0 radical (unpaired) electrons. The van der Waals surface area contributed by atoms with Crippen LogP contribution in [0.3, 0.4) is 0 Å². The molecule has 78 valence electrons. The summed E-state index contributed by atoms with van der Waals surface area (Å²) in [7, 11) is 0. The standard InChI is InChI=1S/C10H16N2O2/c1-5(2)12-4-6-3-7-9(12)8(6)11-10(13)14-7/h5-9H,3-4H2,1-2H3,(H,11,13)/t6-,7?,8-,9-/m1/s1. The van der Waals surface area contributed by atoms with Gasteiger partial charge in [0.05, 0.1) is 12.1 Å². The Morgan fingerprint density at radius 2 is 2.36 bits per heavy atom. The summed E-state index contributed by atoms with van der Waals surface area (Å²) in [6.45, 7) is 5.53. The summed E-state index contributed by atoms with van der Waals surface area (Å²) in [5, 5.41) is 2.95. The van der Waals surface area contributed by atoms with E-state index in [1.165, 1.54) is 0 Å². The van der Waals surface area contributed by atoms with E-state index in [0.717, 1.165) is 13.0 Å². The van der Waals surface area contributed by atoms with E-state index in [-0.39, 0.29) is 12.2 Å². The molecule has 0 aromatic carbocycles. The van der Waals surface area contributed by atoms with Crippen molar-refractivity contribution in [3.8, 4) is 0 Å². The van der Waals surface area contributed by atoms with Crippen molar-refractivity contribution >= 4 is 6.09 Å². The number of piperidine rings is 1. The van der Waals surface area contributed by atoms with Crippen molar-refractivity contribution < 1.29 is 9.53 Å². The molecule has 4 atom stereocenters. The molecule has 0 aromatic heterocycles. The molecule has 14 heavy (non-hydrogen) atoms. The number of hydrogen-bond acceptors (Lipinski definition) is 3. The SMILES string of the molecule is CC(C)N1C[C@H]2CC3OC(=O)N[C@H]2[C@@H]31. The van der Waals surface area contributed by atoms with Crippen LogP contribution in [0.25, 0.3) is 0 Å². The molecular weight excluding hydrogens is 180 g/mol. The molecule has 4 nitrogen and oxygen atoms in total. The second kappa shape index (κ2) is 2.63. The van der Waals surface area contributed by atoms with Crippen molar-refractivity contribution in [2.24, 2.45) is 5.92 Å². The Morgan fingerprint density at radius 1 is 1.57 bits per heavy atom. The molecule has 1 aliphatic carbocycles. The Balaban J connectivity index is 1.87. The van der Waals surface area contributed by atoms with Crippen LogP contribution in [-0.2, 0) is 4.74 Å². The van der Waals surface area contributed by atoms with E-state index in [1.807, 2.05) is 0 Å². The minimum absolute atomic E-state index is 0.148. The van der Waals surface area contributed by atoms with Crippen LogP contribution < -0.4 is 5.32 Å². The number of nitrogens with one attached hydrogen (secondary N) is 1. The number of carbonyl (C=O) groups is 1. The lowest BCUT2D eigenvalue weighted by molar-refractivity contribution is 0.00428. The minimum Gasteiger partial charge on any atom is -0.444 e. The van der Waals surface area contributed by atoms with E-state index in [2.05, 4.69) is 24.1 Å². The number of nitrogens with zero attached hydrogens (tertiary/aromatic N) is 1. The second-order valence-electron chi connectivity index (χ2n) is 4.89. The molecule has 3 rings (SSSR count). The van der Waals surface area contributed by atoms with E-state index in [1.54, 1.807) is 0 Å². The first-order chi connectivity index (χ1) is 6.66. The summed E-state index contributed by atoms with van der Waals surface area (Å²) in [6.07, 6.45) is 0.983. The third kappa shape index (κ3) is 0.947. The van der Waals surface area contributed by atoms with Gasteiger partial charge in [-0.3, -0.25) is 4.90 Å². The van der Waals surface area contributed by atoms with Gasteiger partial charge in [-0.25, -0.2) is 4.79 Å². The maximum atomic E-state index is 11.2. The van der Waals surface area contributed by atoms with Gasteiger partial charge in [0.25, 0.3) is 0 Å². The molecular formula is C10H16N2O2. The van der Waals surface area contributed by atoms with Crippen molar-refractivity contribution in [1.29, 1.82) is 0 Å². The Kier molecular flexibility index (Phi) is 1.60. The number of ether oxygens (including phenoxy) is 1. The summed E-state index contributed by atoms with van der Waals surface area (Å²) in [6, 6.07) is 1.33. The first-order valence-corrected chi connectivity index (χ1v) is 5.39. The quantitative estimate of drug-likeness (QED) is 0.667. The zero-order chi connectivity index (χ0) is 9.87. The predicted molar refractivity (Wildman–Crippen MR) is 50.9 cm³/mol. The van der Waals surface area contributed by atoms with Gasteiger partial charge in [-0.05, 0) is 26.2 Å². The summed E-state index contributed by atoms with van der Waals surface area (Å²) in [4.78, 5) is 13.6. The Labute approximate surface area is 83.6 Å². The van der Waals surface area contributed by atoms with Gasteiger partial charge in [0.1, 0.15) is 6.10 Å². The van der Waals surface area contributed by atoms with E-state index in [9.17, 15) is 4.79 Å². The summed E-state index contributed by atoms with van der Waals surface area (Å²) in [5.74, 6) is 0.610. The normalized spacial score (nSPS) is 45.5. The average Bonchev–Trinajstić information content (AvgIpc) is 2.55. The molecule has 0 spiro atoms. The monoisotopic (exact) mass is 196 g/mol. The number of alkyl carbamates (subject to hydrolysis) is 1. The highest BCUT2D eigenvalue weighted by molar-refractivity contribution is 5.70. The number of hydrogen-bond donors (Lipinski definition) is 1. The average molecular weight is 196 g/mol. The smallest absolute Gasteiger partial charge is 0.407 e. The third-order valence-electron chi connectivity index (χ3n) is 3.83. The molecule has 1 N–H and O–H groups in total. The van der Waals surface area contributed by atoms with E-state index in [0.29, 0.717) is 24.0 Å². The van der Waals surface area contributed by atoms with E-state index in [4.69, 9.17) is 4.74 Å². The first-order valence-electron chi connectivity index (χ1n) is 5.39. The number of likely N-dealkylation sites (tertiary alicyclic amines) is 1. The number of rotatable bonds is 1. The molecule has 3 fully saturated rings. The first kappa shape index (κ1) is 8.53. The van der Waals surface area contributed by atoms with E-state index >= 15 is 0 Å². The molecule has 4 heteroatoms. The van der Waals surface area contributed by atoms with Crippen LogP contribution in [0.2, 0.25) is 0 Å². The van der Waals surface area contributed by atoms with Crippen LogP contribution in [0, 0.1) is 5.92 Å². The summed E-state index contributed by atoms with van der Waals surface area (Å²) in [5.41, 5.74) is 0. The molecule has 3 aliphatic rings. The third-order valence-corrected chi connectivity index (χ3v) is 3.83. The topological polar surface area (TPSA) is 41.6 Å². The van der Waals surface area contributed by atoms with Crippen molar-refractivity contribution in [3.05, 3.63) is 0 Å². The second-order valence-corrected chi connectivity index (χ2v) is 4.89. The van der Waals surface area contributed by atoms with Crippen molar-refractivity contribution in [2.75, 3.05) is 6.54 Å². The van der Waals surface area contributed by atoms with Gasteiger partial charge in [0, 0.05) is 12.6 Å². The van der Waals surface area contributed by atoms with Gasteiger partial charge in [0.15, 0.2) is 0 Å². The summed E-state index contributed by atoms with van der Waals surface area (Å²) >= 11 is 0. The highest BCUT2D eigenvalue weighted by Crippen LogP contribution is 2.42. The number of amides is 1. The van der Waals surface area contributed by atoms with Crippen molar-refractivity contribution in [1.82, 2.24) is 10.2 Å². The Morgan fingerprint density at radius 3 is 3.00 bits per heavy atom. The highest BCUT2D eigenvalue weighted by atomic mass is 16.6. The molecule has 0 aromatic rings. The largest absolute Gasteiger partial charge is 0.444 e. The minimum atomic E-state index is -0.218. The lowest BCUT2D eigenvalue weighted by atomic mass is 10.1. The van der Waals surface area contributed by atoms with Crippen LogP contribution in [0.15, 0.2) is 0 Å². The lowest BCUT2D eigenvalue weighted by Gasteiger charge is -2.37. The molecule has 1 amide bonds. The van der Waals surface area contributed by atoms with Gasteiger partial charge >= 0.3 is 6.09 Å². The summed E-state index contributed by atoms with van der Waals surface area (Å²) < 4.78 is 5.30. The molecule has 4 bridgehead atoms. The fourth-order valence-electron chi connectivity index (χ4n) is 3.28. The van der Waals surface area contributed by atoms with Crippen LogP contribution >= 0.6 is 0 Å². The lowest BCUT2D eigenvalue weighted by Crippen LogP contribution is -2.56. The van der Waals surface area contributed by atoms with Gasteiger partial charge in [-0.15, -0.1) is 0 Å². The van der Waals surface area contributed by atoms with Crippen LogP contribution in [0.5, 0.6) is 0 Å². The van der Waals surface area contributed by atoms with Gasteiger partial charge in [0.2, 0.25) is 0 Å². The van der Waals surface area contributed by atoms with Gasteiger partial charge in [-0.1, -0.05) is 0 Å². The molecule has 2 heterocycles. The Hall–Kier alpha value is -0.770.